The molecule has 3 fully saturated rings. The molecular weight excluding hydrogens is 392 g/mol. The van der Waals surface area contributed by atoms with Crippen molar-refractivity contribution in [2.75, 3.05) is 26.2 Å². The van der Waals surface area contributed by atoms with E-state index < -0.39 is 11.6 Å². The van der Waals surface area contributed by atoms with Gasteiger partial charge >= 0.3 is 6.03 Å². The van der Waals surface area contributed by atoms with Gasteiger partial charge in [0.2, 0.25) is 5.91 Å². The molecule has 7 nitrogen and oxygen atoms in total. The zero-order chi connectivity index (χ0) is 20.4. The number of carbonyl (C=O) groups is 3. The van der Waals surface area contributed by atoms with Gasteiger partial charge in [0.15, 0.2) is 0 Å². The summed E-state index contributed by atoms with van der Waals surface area (Å²) in [5.41, 5.74) is -0.550. The molecule has 3 N–H and O–H groups in total. The second-order valence-corrected chi connectivity index (χ2v) is 9.54. The molecule has 0 bridgehead atoms. The second-order valence-electron chi connectivity index (χ2n) is 9.54. The van der Waals surface area contributed by atoms with Gasteiger partial charge in [-0.15, -0.1) is 12.4 Å². The molecular formula is C21H37ClN4O3. The minimum atomic E-state index is -0.801. The van der Waals surface area contributed by atoms with Crippen molar-refractivity contribution in [1.29, 1.82) is 0 Å². The SMILES string of the molecule is CCC(C)(C)C1CCC2(CC1)NC(=O)N(CC(=O)NCC1CCCNC1)C2=O.Cl. The van der Waals surface area contributed by atoms with Crippen LogP contribution in [-0.2, 0) is 9.59 Å². The van der Waals surface area contributed by atoms with Crippen LogP contribution in [0.4, 0.5) is 4.79 Å². The van der Waals surface area contributed by atoms with Crippen molar-refractivity contribution in [3.05, 3.63) is 0 Å². The van der Waals surface area contributed by atoms with E-state index in [1.54, 1.807) is 0 Å². The summed E-state index contributed by atoms with van der Waals surface area (Å²) in [6.45, 7) is 9.11. The van der Waals surface area contributed by atoms with Crippen molar-refractivity contribution in [3.63, 3.8) is 0 Å². The van der Waals surface area contributed by atoms with Gasteiger partial charge in [0.05, 0.1) is 0 Å². The Morgan fingerprint density at radius 2 is 1.93 bits per heavy atom. The maximum Gasteiger partial charge on any atom is 0.325 e. The van der Waals surface area contributed by atoms with Crippen LogP contribution in [0.25, 0.3) is 0 Å². The van der Waals surface area contributed by atoms with E-state index >= 15 is 0 Å². The lowest BCUT2D eigenvalue weighted by Crippen LogP contribution is -2.51. The summed E-state index contributed by atoms with van der Waals surface area (Å²) in [4.78, 5) is 38.9. The molecule has 2 saturated heterocycles. The first-order valence-corrected chi connectivity index (χ1v) is 10.9. The Morgan fingerprint density at radius 1 is 1.24 bits per heavy atom. The third-order valence-corrected chi connectivity index (χ3v) is 7.39. The molecule has 0 aromatic rings. The Labute approximate surface area is 180 Å². The van der Waals surface area contributed by atoms with E-state index in [1.165, 1.54) is 0 Å². The van der Waals surface area contributed by atoms with Crippen LogP contribution in [0, 0.1) is 17.3 Å². The Hall–Kier alpha value is -1.34. The molecule has 0 radical (unpaired) electrons. The van der Waals surface area contributed by atoms with Crippen molar-refractivity contribution in [2.24, 2.45) is 17.3 Å². The van der Waals surface area contributed by atoms with Gasteiger partial charge in [0.25, 0.3) is 5.91 Å². The highest BCUT2D eigenvalue weighted by atomic mass is 35.5. The Balaban J connectivity index is 0.00000300. The Kier molecular flexibility index (Phi) is 7.96. The number of halogens is 1. The number of amides is 4. The molecule has 0 aromatic heterocycles. The standard InChI is InChI=1S/C21H36N4O3.ClH/c1-4-20(2,3)16-7-9-21(10-8-16)18(27)25(19(28)24-21)14-17(26)23-13-15-6-5-11-22-12-15;/h15-16,22H,4-14H2,1-3H3,(H,23,26)(H,24,28);1H. The van der Waals surface area contributed by atoms with Gasteiger partial charge in [-0.3, -0.25) is 14.5 Å². The fraction of sp³-hybridized carbons (Fsp3) is 0.857. The molecule has 166 valence electrons. The van der Waals surface area contributed by atoms with Crippen LogP contribution in [0.2, 0.25) is 0 Å². The third-order valence-electron chi connectivity index (χ3n) is 7.39. The Morgan fingerprint density at radius 3 is 2.52 bits per heavy atom. The first kappa shape index (κ1) is 23.9. The number of hydrogen-bond donors (Lipinski definition) is 3. The van der Waals surface area contributed by atoms with Gasteiger partial charge in [-0.1, -0.05) is 27.2 Å². The average Bonchev–Trinajstić information content (AvgIpc) is 2.91. The minimum Gasteiger partial charge on any atom is -0.354 e. The number of carbonyl (C=O) groups excluding carboxylic acids is 3. The van der Waals surface area contributed by atoms with E-state index in [4.69, 9.17) is 0 Å². The molecule has 1 atom stereocenters. The molecule has 8 heteroatoms. The molecule has 0 aromatic carbocycles. The molecule has 1 saturated carbocycles. The highest BCUT2D eigenvalue weighted by Crippen LogP contribution is 2.45. The van der Waals surface area contributed by atoms with Crippen LogP contribution in [0.1, 0.15) is 65.7 Å². The maximum absolute atomic E-state index is 13.0. The number of imide groups is 1. The summed E-state index contributed by atoms with van der Waals surface area (Å²) >= 11 is 0. The van der Waals surface area contributed by atoms with E-state index in [-0.39, 0.29) is 36.2 Å². The molecule has 3 rings (SSSR count). The van der Waals surface area contributed by atoms with Gasteiger partial charge in [0.1, 0.15) is 12.1 Å². The topological polar surface area (TPSA) is 90.5 Å². The first-order chi connectivity index (χ1) is 13.3. The van der Waals surface area contributed by atoms with Crippen molar-refractivity contribution in [2.45, 2.75) is 71.3 Å². The number of rotatable bonds is 6. The average molecular weight is 429 g/mol. The molecule has 2 aliphatic heterocycles. The molecule has 2 heterocycles. The fourth-order valence-electron chi connectivity index (χ4n) is 4.90. The van der Waals surface area contributed by atoms with Crippen LogP contribution in [-0.4, -0.2) is 54.5 Å². The van der Waals surface area contributed by atoms with E-state index in [0.717, 1.165) is 50.1 Å². The molecule has 1 unspecified atom stereocenters. The fourth-order valence-corrected chi connectivity index (χ4v) is 4.90. The van der Waals surface area contributed by atoms with E-state index in [9.17, 15) is 14.4 Å². The van der Waals surface area contributed by atoms with Gasteiger partial charge in [-0.2, -0.15) is 0 Å². The maximum atomic E-state index is 13.0. The summed E-state index contributed by atoms with van der Waals surface area (Å²) in [7, 11) is 0. The number of nitrogens with one attached hydrogen (secondary N) is 3. The lowest BCUT2D eigenvalue weighted by Gasteiger charge is -2.42. The number of nitrogens with zero attached hydrogens (tertiary/aromatic N) is 1. The lowest BCUT2D eigenvalue weighted by molar-refractivity contribution is -0.136. The van der Waals surface area contributed by atoms with Crippen molar-refractivity contribution < 1.29 is 14.4 Å². The normalized spacial score (nSPS) is 30.1. The zero-order valence-electron chi connectivity index (χ0n) is 18.0. The van der Waals surface area contributed by atoms with E-state index in [1.807, 2.05) is 0 Å². The van der Waals surface area contributed by atoms with E-state index in [0.29, 0.717) is 31.2 Å². The predicted octanol–water partition coefficient (Wildman–Crippen LogP) is 2.44. The summed E-state index contributed by atoms with van der Waals surface area (Å²) in [5, 5.41) is 9.13. The summed E-state index contributed by atoms with van der Waals surface area (Å²) < 4.78 is 0. The van der Waals surface area contributed by atoms with Crippen LogP contribution in [0.5, 0.6) is 0 Å². The molecule has 1 spiro atoms. The molecule has 29 heavy (non-hydrogen) atoms. The highest BCUT2D eigenvalue weighted by Gasteiger charge is 2.53. The van der Waals surface area contributed by atoms with Gasteiger partial charge < -0.3 is 16.0 Å². The zero-order valence-corrected chi connectivity index (χ0v) is 18.8. The lowest BCUT2D eigenvalue weighted by atomic mass is 9.65. The number of hydrogen-bond acceptors (Lipinski definition) is 4. The van der Waals surface area contributed by atoms with Crippen molar-refractivity contribution in [3.8, 4) is 0 Å². The second kappa shape index (κ2) is 9.65. The minimum absolute atomic E-state index is 0. The summed E-state index contributed by atoms with van der Waals surface area (Å²) in [6.07, 6.45) is 6.51. The van der Waals surface area contributed by atoms with Crippen LogP contribution in [0.15, 0.2) is 0 Å². The summed E-state index contributed by atoms with van der Waals surface area (Å²) in [5.74, 6) is 0.505. The van der Waals surface area contributed by atoms with Gasteiger partial charge in [0, 0.05) is 6.54 Å². The van der Waals surface area contributed by atoms with Gasteiger partial charge in [-0.25, -0.2) is 4.79 Å². The highest BCUT2D eigenvalue weighted by molar-refractivity contribution is 6.09. The molecule has 4 amide bonds. The van der Waals surface area contributed by atoms with Crippen molar-refractivity contribution in [1.82, 2.24) is 20.9 Å². The van der Waals surface area contributed by atoms with Crippen LogP contribution >= 0.6 is 12.4 Å². The van der Waals surface area contributed by atoms with Gasteiger partial charge in [-0.05, 0) is 68.9 Å². The molecule has 3 aliphatic rings. The predicted molar refractivity (Wildman–Crippen MR) is 115 cm³/mol. The smallest absolute Gasteiger partial charge is 0.325 e. The first-order valence-electron chi connectivity index (χ1n) is 10.9. The number of urea groups is 1. The third kappa shape index (κ3) is 5.23. The quantitative estimate of drug-likeness (QED) is 0.567. The summed E-state index contributed by atoms with van der Waals surface area (Å²) in [6, 6.07) is -0.423. The largest absolute Gasteiger partial charge is 0.354 e. The monoisotopic (exact) mass is 428 g/mol. The number of piperidine rings is 1. The van der Waals surface area contributed by atoms with E-state index in [2.05, 4.69) is 36.7 Å². The Bertz CT molecular complexity index is 611. The molecule has 1 aliphatic carbocycles. The van der Waals surface area contributed by atoms with Crippen molar-refractivity contribution >= 4 is 30.3 Å². The van der Waals surface area contributed by atoms with Crippen LogP contribution < -0.4 is 16.0 Å². The van der Waals surface area contributed by atoms with Crippen LogP contribution in [0.3, 0.4) is 0 Å².